The Balaban J connectivity index is 0.000000252. The van der Waals surface area contributed by atoms with Crippen LogP contribution in [-0.4, -0.2) is 52.9 Å². The summed E-state index contributed by atoms with van der Waals surface area (Å²) in [6, 6.07) is 27.8. The average Bonchev–Trinajstić information content (AvgIpc) is 3.38. The molecule has 2 aromatic heterocycles. The predicted octanol–water partition coefficient (Wildman–Crippen LogP) is 12.9. The largest absolute Gasteiger partial charge is 0.505 e. The highest BCUT2D eigenvalue weighted by molar-refractivity contribution is 5.71. The Bertz CT molecular complexity index is 2390. The number of rotatable bonds is 22. The van der Waals surface area contributed by atoms with Crippen molar-refractivity contribution in [2.75, 3.05) is 20.8 Å². The first-order chi connectivity index (χ1) is 34.1. The summed E-state index contributed by atoms with van der Waals surface area (Å²) < 4.78 is 43.9. The number of carbonyl (C=O) groups excluding carboxylic acids is 2. The summed E-state index contributed by atoms with van der Waals surface area (Å²) in [5.41, 5.74) is 10.2. The lowest BCUT2D eigenvalue weighted by Gasteiger charge is -2.17. The normalized spacial score (nSPS) is 13.6. The van der Waals surface area contributed by atoms with Gasteiger partial charge in [0.05, 0.1) is 27.1 Å². The van der Waals surface area contributed by atoms with E-state index in [9.17, 15) is 23.5 Å². The Labute approximate surface area is 414 Å². The van der Waals surface area contributed by atoms with Crippen LogP contribution >= 0.6 is 0 Å². The molecule has 2 atom stereocenters. The van der Waals surface area contributed by atoms with Gasteiger partial charge in [-0.25, -0.2) is 8.78 Å². The lowest BCUT2D eigenvalue weighted by Crippen LogP contribution is -2.09. The SMILES string of the molecule is CCO.COC(=O)C[C@H](/C=C/CCCCc1ccc2c(n1)CCCC2)c1ccc(OCc2ccccc2)c(F)c1.COC(=O)C[C@H](CCCCCCc1ccc2c(n1)CCCC2)c1ccc(O)c(F)c1. The Kier molecular flexibility index (Phi) is 24.1. The van der Waals surface area contributed by atoms with E-state index >= 15 is 0 Å². The second-order valence-corrected chi connectivity index (χ2v) is 18.2. The number of esters is 2. The maximum absolute atomic E-state index is 14.8. The third-order valence-electron chi connectivity index (χ3n) is 12.9. The molecule has 2 aliphatic rings. The van der Waals surface area contributed by atoms with Gasteiger partial charge in [-0.2, -0.15) is 0 Å². The van der Waals surface area contributed by atoms with Crippen molar-refractivity contribution in [3.05, 3.63) is 165 Å². The van der Waals surface area contributed by atoms with Gasteiger partial charge in [0.2, 0.25) is 0 Å². The molecule has 11 heteroatoms. The standard InChI is InChI=1S/C32H36FNO3.C25H32FNO3.C2H6O/c1-36-32(35)22-26(27-18-20-31(29(33)21-27)37-23-24-11-5-4-6-12-24)14-7-2-3-8-15-28-19-17-25-13-9-10-16-30(25)34-28;1-30-25(29)17-19(20-13-15-24(28)22(26)16-20)9-4-2-3-5-10-21-14-12-18-8-6-7-11-23(18)27-21;1-2-3/h4-7,11-12,14,17-21,26H,2-3,8-10,13,15-16,22-23H2,1H3;12-16,19,28H,2-11,17H2,1H3;3H,2H2,1H3/b14-7+;;/t26-;19-;/m00./s1. The number of aliphatic hydroxyl groups is 1. The van der Waals surface area contributed by atoms with E-state index in [4.69, 9.17) is 29.3 Å². The van der Waals surface area contributed by atoms with Gasteiger partial charge in [0.25, 0.3) is 0 Å². The van der Waals surface area contributed by atoms with Gasteiger partial charge in [-0.05, 0) is 173 Å². The van der Waals surface area contributed by atoms with Crippen molar-refractivity contribution in [2.24, 2.45) is 0 Å². The number of methoxy groups -OCH3 is 2. The maximum atomic E-state index is 14.8. The summed E-state index contributed by atoms with van der Waals surface area (Å²) in [4.78, 5) is 33.5. The minimum Gasteiger partial charge on any atom is -0.505 e. The molecule has 0 radical (unpaired) electrons. The molecule has 0 saturated heterocycles. The quantitative estimate of drug-likeness (QED) is 0.0396. The first kappa shape index (κ1) is 55.0. The van der Waals surface area contributed by atoms with Crippen LogP contribution in [0.5, 0.6) is 11.5 Å². The van der Waals surface area contributed by atoms with Gasteiger partial charge in [0.15, 0.2) is 23.1 Å². The number of hydrogen-bond donors (Lipinski definition) is 2. The number of pyridine rings is 2. The summed E-state index contributed by atoms with van der Waals surface area (Å²) in [7, 11) is 2.74. The van der Waals surface area contributed by atoms with E-state index in [0.717, 1.165) is 100 Å². The first-order valence-electron chi connectivity index (χ1n) is 25.4. The van der Waals surface area contributed by atoms with Crippen LogP contribution in [0.2, 0.25) is 0 Å². The number of nitrogens with zero attached hydrogens (tertiary/aromatic N) is 2. The molecular weight excluding hydrogens is 887 g/mol. The number of aryl methyl sites for hydroxylation is 6. The molecule has 0 amide bonds. The van der Waals surface area contributed by atoms with Gasteiger partial charge in [-0.15, -0.1) is 0 Å². The number of aromatic hydroxyl groups is 1. The molecule has 2 N–H and O–H groups in total. The topological polar surface area (TPSA) is 128 Å². The zero-order chi connectivity index (χ0) is 49.9. The summed E-state index contributed by atoms with van der Waals surface area (Å²) >= 11 is 0. The predicted molar refractivity (Wildman–Crippen MR) is 272 cm³/mol. The summed E-state index contributed by atoms with van der Waals surface area (Å²) in [6.45, 7) is 2.23. The molecule has 0 fully saturated rings. The van der Waals surface area contributed by atoms with Crippen LogP contribution in [-0.2, 0) is 64.2 Å². The molecule has 0 aliphatic heterocycles. The Morgan fingerprint density at radius 3 is 1.86 bits per heavy atom. The molecule has 9 nitrogen and oxygen atoms in total. The highest BCUT2D eigenvalue weighted by atomic mass is 19.1. The van der Waals surface area contributed by atoms with E-state index in [1.807, 2.05) is 42.5 Å². The smallest absolute Gasteiger partial charge is 0.306 e. The monoisotopic (exact) mass is 961 g/mol. The number of ether oxygens (including phenoxy) is 3. The Morgan fingerprint density at radius 1 is 0.671 bits per heavy atom. The van der Waals surface area contributed by atoms with Crippen molar-refractivity contribution < 1.29 is 42.8 Å². The molecule has 2 aliphatic carbocycles. The number of unbranched alkanes of at least 4 members (excludes halogenated alkanes) is 5. The zero-order valence-corrected chi connectivity index (χ0v) is 41.6. The zero-order valence-electron chi connectivity index (χ0n) is 41.6. The third-order valence-corrected chi connectivity index (χ3v) is 12.9. The van der Waals surface area contributed by atoms with Gasteiger partial charge in [0, 0.05) is 35.3 Å². The number of allylic oxidation sites excluding steroid dienone is 2. The minimum absolute atomic E-state index is 0.102. The number of aliphatic hydroxyl groups excluding tert-OH is 1. The van der Waals surface area contributed by atoms with Crippen LogP contribution in [0.3, 0.4) is 0 Å². The second kappa shape index (κ2) is 30.6. The number of carbonyl (C=O) groups is 2. The average molecular weight is 961 g/mol. The lowest BCUT2D eigenvalue weighted by atomic mass is 9.90. The number of benzene rings is 3. The lowest BCUT2D eigenvalue weighted by molar-refractivity contribution is -0.141. The highest BCUT2D eigenvalue weighted by Gasteiger charge is 2.19. The van der Waals surface area contributed by atoms with E-state index in [-0.39, 0.29) is 54.7 Å². The van der Waals surface area contributed by atoms with E-state index in [0.29, 0.717) is 6.61 Å². The van der Waals surface area contributed by atoms with Crippen molar-refractivity contribution >= 4 is 11.9 Å². The molecule has 0 bridgehead atoms. The van der Waals surface area contributed by atoms with E-state index < -0.39 is 11.6 Å². The maximum Gasteiger partial charge on any atom is 0.306 e. The molecular formula is C59H74F2N2O7. The van der Waals surface area contributed by atoms with E-state index in [1.54, 1.807) is 19.1 Å². The second-order valence-electron chi connectivity index (χ2n) is 18.2. The number of phenols is 1. The number of halogens is 2. The van der Waals surface area contributed by atoms with Crippen LogP contribution in [0.1, 0.15) is 159 Å². The fourth-order valence-corrected chi connectivity index (χ4v) is 9.02. The van der Waals surface area contributed by atoms with Crippen molar-refractivity contribution in [1.29, 1.82) is 0 Å². The van der Waals surface area contributed by atoms with E-state index in [1.165, 1.54) is 98.4 Å². The molecule has 5 aromatic rings. The number of phenolic OH excluding ortho intramolecular Hbond substituents is 1. The molecule has 70 heavy (non-hydrogen) atoms. The molecule has 3 aromatic carbocycles. The summed E-state index contributed by atoms with van der Waals surface area (Å²) in [5, 5.41) is 17.0. The van der Waals surface area contributed by atoms with Gasteiger partial charge in [-0.1, -0.05) is 86.0 Å². The number of fused-ring (bicyclic) bond motifs is 2. The summed E-state index contributed by atoms with van der Waals surface area (Å²) in [6.07, 6.45) is 24.0. The number of aromatic nitrogens is 2. The fourth-order valence-electron chi connectivity index (χ4n) is 9.02. The van der Waals surface area contributed by atoms with Crippen molar-refractivity contribution in [3.63, 3.8) is 0 Å². The van der Waals surface area contributed by atoms with Crippen molar-refractivity contribution in [2.45, 2.75) is 154 Å². The molecule has 0 saturated carbocycles. The van der Waals surface area contributed by atoms with Crippen molar-refractivity contribution in [3.8, 4) is 11.5 Å². The first-order valence-corrected chi connectivity index (χ1v) is 25.4. The Morgan fingerprint density at radius 2 is 1.24 bits per heavy atom. The van der Waals surface area contributed by atoms with Crippen LogP contribution < -0.4 is 4.74 Å². The van der Waals surface area contributed by atoms with Crippen LogP contribution in [0, 0.1) is 11.6 Å². The van der Waals surface area contributed by atoms with Crippen LogP contribution in [0.15, 0.2) is 103 Å². The highest BCUT2D eigenvalue weighted by Crippen LogP contribution is 2.31. The minimum atomic E-state index is -0.653. The van der Waals surface area contributed by atoms with Gasteiger partial charge in [-0.3, -0.25) is 19.6 Å². The fraction of sp³-hybridized carbons (Fsp3) is 0.458. The Hall–Kier alpha value is -5.94. The van der Waals surface area contributed by atoms with Crippen molar-refractivity contribution in [1.82, 2.24) is 9.97 Å². The number of hydrogen-bond acceptors (Lipinski definition) is 9. The molecule has 0 spiro atoms. The van der Waals surface area contributed by atoms with Crippen LogP contribution in [0.4, 0.5) is 8.78 Å². The van der Waals surface area contributed by atoms with Gasteiger partial charge < -0.3 is 24.4 Å². The van der Waals surface area contributed by atoms with Gasteiger partial charge >= 0.3 is 11.9 Å². The molecule has 2 heterocycles. The molecule has 7 rings (SSSR count). The van der Waals surface area contributed by atoms with Gasteiger partial charge in [0.1, 0.15) is 6.61 Å². The van der Waals surface area contributed by atoms with Crippen LogP contribution in [0.25, 0.3) is 0 Å². The molecule has 0 unspecified atom stereocenters. The van der Waals surface area contributed by atoms with E-state index in [2.05, 4.69) is 30.3 Å². The summed E-state index contributed by atoms with van der Waals surface area (Å²) in [5.74, 6) is -2.24. The third kappa shape index (κ3) is 18.8. The molecule has 376 valence electrons.